The van der Waals surface area contributed by atoms with Crippen molar-refractivity contribution < 1.29 is 0 Å². The second-order valence-electron chi connectivity index (χ2n) is 12.6. The van der Waals surface area contributed by atoms with Gasteiger partial charge in [-0.05, 0) is 60.7 Å². The van der Waals surface area contributed by atoms with E-state index in [0.717, 1.165) is 39.5 Å². The zero-order valence-electron chi connectivity index (χ0n) is 27.1. The molecule has 10 rings (SSSR count). The number of hydrogen-bond acceptors (Lipinski definition) is 2. The van der Waals surface area contributed by atoms with Gasteiger partial charge in [0.15, 0.2) is 5.82 Å². The molecular weight excluding hydrogens is 609 g/mol. The van der Waals surface area contributed by atoms with Gasteiger partial charge in [-0.15, -0.1) is 0 Å². The largest absolute Gasteiger partial charge is 0.309 e. The van der Waals surface area contributed by atoms with Crippen molar-refractivity contribution in [3.63, 3.8) is 0 Å². The second kappa shape index (κ2) is 11.4. The molecule has 0 aliphatic rings. The molecule has 7 aromatic carbocycles. The molecule has 3 heterocycles. The Morgan fingerprint density at radius 3 is 1.50 bits per heavy atom. The van der Waals surface area contributed by atoms with E-state index in [9.17, 15) is 0 Å². The van der Waals surface area contributed by atoms with Gasteiger partial charge in [0.1, 0.15) is 0 Å². The maximum atomic E-state index is 5.08. The maximum absolute atomic E-state index is 5.08. The van der Waals surface area contributed by atoms with Crippen LogP contribution in [0.25, 0.3) is 88.9 Å². The Morgan fingerprint density at radius 1 is 0.340 bits per heavy atom. The molecule has 0 unspecified atom stereocenters. The lowest BCUT2D eigenvalue weighted by molar-refractivity contribution is 1.16. The zero-order chi connectivity index (χ0) is 33.0. The number of hydrogen-bond donors (Lipinski definition) is 0. The van der Waals surface area contributed by atoms with Crippen LogP contribution in [0.2, 0.25) is 0 Å². The van der Waals surface area contributed by atoms with Gasteiger partial charge in [-0.2, -0.15) is 0 Å². The standard InChI is InChI=1S/C46H30N4/c1-4-14-31(15-5-1)39-30-40(32-16-6-2-7-17-32)48-46(47-39)33-24-26-35(27-25-33)50-41-22-12-10-20-36(41)37-28-29-43-44(45(37)50)38-21-11-13-23-42(38)49(43)34-18-8-3-9-19-34/h1-30H. The molecule has 0 spiro atoms. The van der Waals surface area contributed by atoms with Gasteiger partial charge in [0.2, 0.25) is 0 Å². The van der Waals surface area contributed by atoms with Crippen LogP contribution in [0.1, 0.15) is 0 Å². The van der Waals surface area contributed by atoms with Gasteiger partial charge in [-0.3, -0.25) is 0 Å². The number of nitrogens with zero attached hydrogens (tertiary/aromatic N) is 4. The van der Waals surface area contributed by atoms with Gasteiger partial charge in [-0.25, -0.2) is 9.97 Å². The predicted molar refractivity (Wildman–Crippen MR) is 207 cm³/mol. The van der Waals surface area contributed by atoms with Gasteiger partial charge >= 0.3 is 0 Å². The molecule has 4 heteroatoms. The van der Waals surface area contributed by atoms with E-state index in [1.807, 2.05) is 36.4 Å². The number of benzene rings is 7. The Balaban J connectivity index is 1.20. The third-order valence-corrected chi connectivity index (χ3v) is 9.73. The van der Waals surface area contributed by atoms with E-state index >= 15 is 0 Å². The Kier molecular flexibility index (Phi) is 6.46. The molecule has 0 aliphatic carbocycles. The van der Waals surface area contributed by atoms with Crippen LogP contribution in [0.3, 0.4) is 0 Å². The molecule has 0 N–H and O–H groups in total. The molecular formula is C46H30N4. The van der Waals surface area contributed by atoms with Gasteiger partial charge in [0.05, 0.1) is 33.5 Å². The highest BCUT2D eigenvalue weighted by Crippen LogP contribution is 2.42. The van der Waals surface area contributed by atoms with E-state index in [2.05, 4.69) is 155 Å². The minimum atomic E-state index is 0.701. The van der Waals surface area contributed by atoms with E-state index < -0.39 is 0 Å². The molecule has 0 amide bonds. The van der Waals surface area contributed by atoms with E-state index in [1.54, 1.807) is 0 Å². The molecule has 4 nitrogen and oxygen atoms in total. The Hall–Kier alpha value is -6.78. The molecule has 10 aromatic rings. The number of fused-ring (bicyclic) bond motifs is 7. The lowest BCUT2D eigenvalue weighted by Gasteiger charge is -2.12. The van der Waals surface area contributed by atoms with Crippen molar-refractivity contribution in [3.8, 4) is 45.3 Å². The summed E-state index contributed by atoms with van der Waals surface area (Å²) in [6, 6.07) is 64.2. The molecule has 0 saturated heterocycles. The Morgan fingerprint density at radius 2 is 0.860 bits per heavy atom. The Labute approximate surface area is 289 Å². The van der Waals surface area contributed by atoms with Crippen LogP contribution in [-0.2, 0) is 0 Å². The van der Waals surface area contributed by atoms with Gasteiger partial charge in [-0.1, -0.05) is 121 Å². The fraction of sp³-hybridized carbons (Fsp3) is 0. The van der Waals surface area contributed by atoms with E-state index in [4.69, 9.17) is 9.97 Å². The summed E-state index contributed by atoms with van der Waals surface area (Å²) >= 11 is 0. The van der Waals surface area contributed by atoms with Crippen molar-refractivity contribution >= 4 is 43.6 Å². The summed E-state index contributed by atoms with van der Waals surface area (Å²) in [5.74, 6) is 0.701. The first-order valence-electron chi connectivity index (χ1n) is 16.9. The van der Waals surface area contributed by atoms with Gasteiger partial charge in [0.25, 0.3) is 0 Å². The smallest absolute Gasteiger partial charge is 0.160 e. The summed E-state index contributed by atoms with van der Waals surface area (Å²) in [5.41, 5.74) is 11.9. The second-order valence-corrected chi connectivity index (χ2v) is 12.6. The molecule has 3 aromatic heterocycles. The molecule has 0 radical (unpaired) electrons. The quantitative estimate of drug-likeness (QED) is 0.188. The third-order valence-electron chi connectivity index (χ3n) is 9.73. The molecule has 0 atom stereocenters. The van der Waals surface area contributed by atoms with Crippen LogP contribution in [-0.4, -0.2) is 19.1 Å². The van der Waals surface area contributed by atoms with Crippen LogP contribution in [0.4, 0.5) is 0 Å². The van der Waals surface area contributed by atoms with Crippen LogP contribution in [0.5, 0.6) is 0 Å². The molecule has 0 saturated carbocycles. The van der Waals surface area contributed by atoms with E-state index in [1.165, 1.54) is 43.6 Å². The normalized spacial score (nSPS) is 11.6. The van der Waals surface area contributed by atoms with Gasteiger partial charge < -0.3 is 9.13 Å². The minimum absolute atomic E-state index is 0.701. The van der Waals surface area contributed by atoms with Crippen molar-refractivity contribution in [2.45, 2.75) is 0 Å². The molecule has 234 valence electrons. The van der Waals surface area contributed by atoms with E-state index in [-0.39, 0.29) is 0 Å². The van der Waals surface area contributed by atoms with Crippen LogP contribution in [0.15, 0.2) is 182 Å². The van der Waals surface area contributed by atoms with Crippen molar-refractivity contribution in [1.82, 2.24) is 19.1 Å². The van der Waals surface area contributed by atoms with Crippen molar-refractivity contribution in [3.05, 3.63) is 182 Å². The Bertz CT molecular complexity index is 2770. The molecule has 50 heavy (non-hydrogen) atoms. The monoisotopic (exact) mass is 638 g/mol. The summed E-state index contributed by atoms with van der Waals surface area (Å²) < 4.78 is 4.81. The summed E-state index contributed by atoms with van der Waals surface area (Å²) in [5, 5.41) is 4.95. The fourth-order valence-electron chi connectivity index (χ4n) is 7.48. The third kappa shape index (κ3) is 4.46. The van der Waals surface area contributed by atoms with Gasteiger partial charge in [0, 0.05) is 49.6 Å². The van der Waals surface area contributed by atoms with Crippen LogP contribution in [0, 0.1) is 0 Å². The topological polar surface area (TPSA) is 35.6 Å². The van der Waals surface area contributed by atoms with E-state index in [0.29, 0.717) is 5.82 Å². The first-order valence-corrected chi connectivity index (χ1v) is 16.9. The summed E-state index contributed by atoms with van der Waals surface area (Å²) in [4.78, 5) is 10.2. The lowest BCUT2D eigenvalue weighted by atomic mass is 10.1. The van der Waals surface area contributed by atoms with Crippen molar-refractivity contribution in [1.29, 1.82) is 0 Å². The highest BCUT2D eigenvalue weighted by Gasteiger charge is 2.21. The average Bonchev–Trinajstić information content (AvgIpc) is 3.72. The lowest BCUT2D eigenvalue weighted by Crippen LogP contribution is -1.97. The average molecular weight is 639 g/mol. The first kappa shape index (κ1) is 28.3. The van der Waals surface area contributed by atoms with Crippen molar-refractivity contribution in [2.75, 3.05) is 0 Å². The summed E-state index contributed by atoms with van der Waals surface area (Å²) in [6.45, 7) is 0. The molecule has 0 bridgehead atoms. The molecule has 0 fully saturated rings. The number of rotatable bonds is 5. The first-order chi connectivity index (χ1) is 24.8. The minimum Gasteiger partial charge on any atom is -0.309 e. The zero-order valence-corrected chi connectivity index (χ0v) is 27.1. The number of para-hydroxylation sites is 3. The highest BCUT2D eigenvalue weighted by atomic mass is 15.0. The summed E-state index contributed by atoms with van der Waals surface area (Å²) in [7, 11) is 0. The predicted octanol–water partition coefficient (Wildman–Crippen LogP) is 11.7. The van der Waals surface area contributed by atoms with Crippen LogP contribution < -0.4 is 0 Å². The highest BCUT2D eigenvalue weighted by molar-refractivity contribution is 6.26. The number of aromatic nitrogens is 4. The fourth-order valence-corrected chi connectivity index (χ4v) is 7.48. The van der Waals surface area contributed by atoms with Crippen LogP contribution >= 0.6 is 0 Å². The van der Waals surface area contributed by atoms with Crippen molar-refractivity contribution in [2.24, 2.45) is 0 Å². The SMILES string of the molecule is c1ccc(-c2cc(-c3ccccc3)nc(-c3ccc(-n4c5ccccc5c5ccc6c(c7ccccc7n6-c6ccccc6)c54)cc3)n2)cc1. The summed E-state index contributed by atoms with van der Waals surface area (Å²) in [6.07, 6.45) is 0. The molecule has 0 aliphatic heterocycles. The maximum Gasteiger partial charge on any atom is 0.160 e.